The molecule has 96 valence electrons. The van der Waals surface area contributed by atoms with Crippen LogP contribution in [0.25, 0.3) is 0 Å². The summed E-state index contributed by atoms with van der Waals surface area (Å²) in [6.07, 6.45) is 4.50. The predicted molar refractivity (Wildman–Crippen MR) is 74.6 cm³/mol. The van der Waals surface area contributed by atoms with E-state index in [0.29, 0.717) is 13.2 Å². The van der Waals surface area contributed by atoms with Gasteiger partial charge in [0.15, 0.2) is 0 Å². The third-order valence-corrected chi connectivity index (χ3v) is 3.07. The second-order valence-corrected chi connectivity index (χ2v) is 4.82. The number of rotatable bonds is 6. The molecule has 0 atom stereocenters. The van der Waals surface area contributed by atoms with Gasteiger partial charge in [0.2, 0.25) is 0 Å². The Kier molecular flexibility index (Phi) is 4.78. The summed E-state index contributed by atoms with van der Waals surface area (Å²) in [4.78, 5) is 0. The minimum Gasteiger partial charge on any atom is -0.491 e. The molecule has 4 nitrogen and oxygen atoms in total. The van der Waals surface area contributed by atoms with Gasteiger partial charge in [-0.05, 0) is 42.8 Å². The zero-order chi connectivity index (χ0) is 12.8. The lowest BCUT2D eigenvalue weighted by Crippen LogP contribution is -2.10. The van der Waals surface area contributed by atoms with Gasteiger partial charge in [-0.15, -0.1) is 0 Å². The van der Waals surface area contributed by atoms with Crippen molar-refractivity contribution >= 4 is 15.9 Å². The molecule has 0 amide bonds. The molecule has 0 saturated carbocycles. The Hall–Kier alpha value is -1.33. The summed E-state index contributed by atoms with van der Waals surface area (Å²) >= 11 is 3.46. The summed E-state index contributed by atoms with van der Waals surface area (Å²) in [5, 5.41) is 4.13. The number of halogens is 1. The maximum Gasteiger partial charge on any atom is 0.122 e. The summed E-state index contributed by atoms with van der Waals surface area (Å²) in [5.41, 5.74) is 6.73. The van der Waals surface area contributed by atoms with Crippen LogP contribution in [0.5, 0.6) is 5.75 Å². The van der Waals surface area contributed by atoms with Crippen LogP contribution in [0, 0.1) is 0 Å². The number of hydrogen-bond acceptors (Lipinski definition) is 3. The lowest BCUT2D eigenvalue weighted by Gasteiger charge is -2.11. The Bertz CT molecular complexity index is 485. The standard InChI is InChI=1S/C13H16BrN3O/c14-12-2-3-13(11(10-12)4-5-15)18-9-8-17-7-1-6-16-17/h1-3,6-7,10H,4-5,8-9,15H2. The summed E-state index contributed by atoms with van der Waals surface area (Å²) in [7, 11) is 0. The van der Waals surface area contributed by atoms with E-state index in [2.05, 4.69) is 27.1 Å². The number of aromatic nitrogens is 2. The maximum atomic E-state index is 5.78. The fourth-order valence-corrected chi connectivity index (χ4v) is 2.13. The topological polar surface area (TPSA) is 53.1 Å². The van der Waals surface area contributed by atoms with Gasteiger partial charge in [-0.2, -0.15) is 5.10 Å². The van der Waals surface area contributed by atoms with Crippen molar-refractivity contribution in [2.24, 2.45) is 5.73 Å². The van der Waals surface area contributed by atoms with Gasteiger partial charge in [-0.3, -0.25) is 4.68 Å². The average molecular weight is 310 g/mol. The molecule has 0 unspecified atom stereocenters. The van der Waals surface area contributed by atoms with Gasteiger partial charge < -0.3 is 10.5 Å². The van der Waals surface area contributed by atoms with Gasteiger partial charge >= 0.3 is 0 Å². The molecular formula is C13H16BrN3O. The molecule has 1 aromatic carbocycles. The first kappa shape index (κ1) is 13.1. The zero-order valence-electron chi connectivity index (χ0n) is 10.1. The van der Waals surface area contributed by atoms with E-state index in [1.165, 1.54) is 0 Å². The van der Waals surface area contributed by atoms with E-state index in [1.54, 1.807) is 6.20 Å². The van der Waals surface area contributed by atoms with Gasteiger partial charge in [0.1, 0.15) is 12.4 Å². The first-order valence-electron chi connectivity index (χ1n) is 5.88. The van der Waals surface area contributed by atoms with E-state index < -0.39 is 0 Å². The van der Waals surface area contributed by atoms with E-state index in [9.17, 15) is 0 Å². The van der Waals surface area contributed by atoms with Crippen LogP contribution in [0.4, 0.5) is 0 Å². The quantitative estimate of drug-likeness (QED) is 0.890. The molecule has 0 saturated heterocycles. The molecular weight excluding hydrogens is 294 g/mol. The number of ether oxygens (including phenoxy) is 1. The van der Waals surface area contributed by atoms with E-state index >= 15 is 0 Å². The van der Waals surface area contributed by atoms with Gasteiger partial charge in [-0.1, -0.05) is 15.9 Å². The van der Waals surface area contributed by atoms with Crippen molar-refractivity contribution in [2.45, 2.75) is 13.0 Å². The number of nitrogens with zero attached hydrogens (tertiary/aromatic N) is 2. The minimum atomic E-state index is 0.598. The van der Waals surface area contributed by atoms with Crippen molar-refractivity contribution in [3.05, 3.63) is 46.7 Å². The van der Waals surface area contributed by atoms with Crippen LogP contribution >= 0.6 is 15.9 Å². The second-order valence-electron chi connectivity index (χ2n) is 3.91. The Balaban J connectivity index is 1.95. The summed E-state index contributed by atoms with van der Waals surface area (Å²) in [6.45, 7) is 1.96. The van der Waals surface area contributed by atoms with Crippen LogP contribution in [0.15, 0.2) is 41.1 Å². The highest BCUT2D eigenvalue weighted by Gasteiger charge is 2.04. The fraction of sp³-hybridized carbons (Fsp3) is 0.308. The van der Waals surface area contributed by atoms with E-state index in [1.807, 2.05) is 29.1 Å². The fourth-order valence-electron chi connectivity index (χ4n) is 1.72. The van der Waals surface area contributed by atoms with Gasteiger partial charge in [0, 0.05) is 16.9 Å². The van der Waals surface area contributed by atoms with Crippen LogP contribution in [0.1, 0.15) is 5.56 Å². The highest BCUT2D eigenvalue weighted by molar-refractivity contribution is 9.10. The minimum absolute atomic E-state index is 0.598. The lowest BCUT2D eigenvalue weighted by atomic mass is 10.1. The molecule has 5 heteroatoms. The monoisotopic (exact) mass is 309 g/mol. The Labute approximate surface area is 115 Å². The summed E-state index contributed by atoms with van der Waals surface area (Å²) in [5.74, 6) is 0.899. The molecule has 0 aliphatic rings. The summed E-state index contributed by atoms with van der Waals surface area (Å²) in [6, 6.07) is 7.90. The smallest absolute Gasteiger partial charge is 0.122 e. The van der Waals surface area contributed by atoms with Gasteiger partial charge in [0.25, 0.3) is 0 Å². The number of hydrogen-bond donors (Lipinski definition) is 1. The van der Waals surface area contributed by atoms with Crippen molar-refractivity contribution in [3.63, 3.8) is 0 Å². The summed E-state index contributed by atoms with van der Waals surface area (Å²) < 4.78 is 8.68. The predicted octanol–water partition coefficient (Wildman–Crippen LogP) is 2.23. The molecule has 0 aliphatic carbocycles. The van der Waals surface area contributed by atoms with Crippen molar-refractivity contribution in [3.8, 4) is 5.75 Å². The van der Waals surface area contributed by atoms with Crippen LogP contribution in [-0.2, 0) is 13.0 Å². The van der Waals surface area contributed by atoms with Crippen molar-refractivity contribution in [1.29, 1.82) is 0 Å². The number of nitrogens with two attached hydrogens (primary N) is 1. The highest BCUT2D eigenvalue weighted by Crippen LogP contribution is 2.23. The molecule has 0 bridgehead atoms. The first-order valence-corrected chi connectivity index (χ1v) is 6.67. The van der Waals surface area contributed by atoms with Crippen LogP contribution in [0.3, 0.4) is 0 Å². The number of benzene rings is 1. The lowest BCUT2D eigenvalue weighted by molar-refractivity contribution is 0.288. The molecule has 2 N–H and O–H groups in total. The molecule has 0 aliphatic heterocycles. The molecule has 2 rings (SSSR count). The molecule has 1 heterocycles. The van der Waals surface area contributed by atoms with E-state index in [0.717, 1.165) is 28.8 Å². The molecule has 0 spiro atoms. The second kappa shape index (κ2) is 6.56. The maximum absolute atomic E-state index is 5.78. The van der Waals surface area contributed by atoms with Gasteiger partial charge in [0.05, 0.1) is 6.54 Å². The first-order chi connectivity index (χ1) is 8.79. The largest absolute Gasteiger partial charge is 0.491 e. The van der Waals surface area contributed by atoms with Crippen LogP contribution in [-0.4, -0.2) is 22.9 Å². The van der Waals surface area contributed by atoms with E-state index in [-0.39, 0.29) is 0 Å². The molecule has 18 heavy (non-hydrogen) atoms. The Morgan fingerprint density at radius 3 is 3.00 bits per heavy atom. The molecule has 0 radical (unpaired) electrons. The van der Waals surface area contributed by atoms with Crippen molar-refractivity contribution < 1.29 is 4.74 Å². The zero-order valence-corrected chi connectivity index (χ0v) is 11.6. The average Bonchev–Trinajstić information content (AvgIpc) is 2.85. The van der Waals surface area contributed by atoms with Gasteiger partial charge in [-0.25, -0.2) is 0 Å². The molecule has 0 fully saturated rings. The molecule has 2 aromatic rings. The third-order valence-electron chi connectivity index (χ3n) is 2.57. The highest BCUT2D eigenvalue weighted by atomic mass is 79.9. The van der Waals surface area contributed by atoms with E-state index in [4.69, 9.17) is 10.5 Å². The van der Waals surface area contributed by atoms with Crippen molar-refractivity contribution in [2.75, 3.05) is 13.2 Å². The Morgan fingerprint density at radius 2 is 2.28 bits per heavy atom. The van der Waals surface area contributed by atoms with Crippen LogP contribution in [0.2, 0.25) is 0 Å². The molecule has 1 aromatic heterocycles. The van der Waals surface area contributed by atoms with Crippen LogP contribution < -0.4 is 10.5 Å². The normalized spacial score (nSPS) is 10.6. The SMILES string of the molecule is NCCc1cc(Br)ccc1OCCn1cccn1. The third kappa shape index (κ3) is 3.58. The Morgan fingerprint density at radius 1 is 1.39 bits per heavy atom. The van der Waals surface area contributed by atoms with Crippen molar-refractivity contribution in [1.82, 2.24) is 9.78 Å².